The number of benzene rings is 2. The summed E-state index contributed by atoms with van der Waals surface area (Å²) < 4.78 is 6.33. The van der Waals surface area contributed by atoms with Gasteiger partial charge in [-0.3, -0.25) is 0 Å². The molecule has 0 fully saturated rings. The van der Waals surface area contributed by atoms with Crippen LogP contribution in [0.15, 0.2) is 42.5 Å². The summed E-state index contributed by atoms with van der Waals surface area (Å²) in [6.07, 6.45) is 5.29. The molecular weight excluding hydrogens is 346 g/mol. The van der Waals surface area contributed by atoms with E-state index in [1.54, 1.807) is 23.3 Å². The molecule has 2 amide bonds. The van der Waals surface area contributed by atoms with Crippen molar-refractivity contribution in [1.29, 1.82) is 0 Å². The van der Waals surface area contributed by atoms with Crippen molar-refractivity contribution in [2.24, 2.45) is 0 Å². The summed E-state index contributed by atoms with van der Waals surface area (Å²) in [5.41, 5.74) is 2.66. The second-order valence-corrected chi connectivity index (χ2v) is 6.61. The van der Waals surface area contributed by atoms with Crippen LogP contribution in [0.25, 0.3) is 20.8 Å². The second kappa shape index (κ2) is 7.89. The number of hydrogen-bond donors (Lipinski definition) is 1. The van der Waals surface area contributed by atoms with Crippen LogP contribution in [0.3, 0.4) is 0 Å². The van der Waals surface area contributed by atoms with Gasteiger partial charge in [-0.15, -0.1) is 17.8 Å². The number of hydrogen-bond acceptors (Lipinski definition) is 4. The molecule has 3 rings (SSSR count). The molecule has 6 heteroatoms. The van der Waals surface area contributed by atoms with Gasteiger partial charge in [0.25, 0.3) is 0 Å². The van der Waals surface area contributed by atoms with Crippen molar-refractivity contribution in [2.45, 2.75) is 6.92 Å². The van der Waals surface area contributed by atoms with E-state index in [0.29, 0.717) is 6.54 Å². The van der Waals surface area contributed by atoms with Crippen molar-refractivity contribution in [3.8, 4) is 28.7 Å². The Morgan fingerprint density at radius 2 is 2.08 bits per heavy atom. The highest BCUT2D eigenvalue weighted by atomic mass is 32.1. The van der Waals surface area contributed by atoms with E-state index in [2.05, 4.69) is 16.2 Å². The fraction of sp³-hybridized carbons (Fsp3) is 0.200. The summed E-state index contributed by atoms with van der Waals surface area (Å²) in [7, 11) is 1.65. The number of anilines is 1. The van der Waals surface area contributed by atoms with Gasteiger partial charge >= 0.3 is 6.03 Å². The van der Waals surface area contributed by atoms with E-state index in [-0.39, 0.29) is 12.6 Å². The van der Waals surface area contributed by atoms with Crippen LogP contribution in [-0.2, 0) is 0 Å². The van der Waals surface area contributed by atoms with E-state index < -0.39 is 0 Å². The number of thiazole rings is 1. The van der Waals surface area contributed by atoms with Gasteiger partial charge in [-0.1, -0.05) is 5.92 Å². The fourth-order valence-electron chi connectivity index (χ4n) is 2.49. The number of nitrogens with zero attached hydrogens (tertiary/aromatic N) is 2. The summed E-state index contributed by atoms with van der Waals surface area (Å²) in [6.45, 7) is 2.74. The minimum absolute atomic E-state index is 0.203. The summed E-state index contributed by atoms with van der Waals surface area (Å²) in [5, 5.41) is 3.78. The molecule has 1 aromatic heterocycles. The molecule has 0 saturated heterocycles. The average Bonchev–Trinajstić information content (AvgIpc) is 3.09. The van der Waals surface area contributed by atoms with Crippen molar-refractivity contribution in [3.05, 3.63) is 42.5 Å². The molecule has 0 unspecified atom stereocenters. The first-order chi connectivity index (χ1) is 12.6. The smallest absolute Gasteiger partial charge is 0.322 e. The predicted octanol–water partition coefficient (Wildman–Crippen LogP) is 4.46. The second-order valence-electron chi connectivity index (χ2n) is 5.58. The van der Waals surface area contributed by atoms with Crippen LogP contribution in [0.4, 0.5) is 10.5 Å². The molecule has 0 aliphatic carbocycles. The van der Waals surface area contributed by atoms with Crippen molar-refractivity contribution >= 4 is 33.3 Å². The van der Waals surface area contributed by atoms with Gasteiger partial charge in [0.15, 0.2) is 0 Å². The quantitative estimate of drug-likeness (QED) is 0.679. The Morgan fingerprint density at radius 1 is 1.31 bits per heavy atom. The first kappa shape index (κ1) is 17.8. The third-order valence-electron chi connectivity index (χ3n) is 3.93. The Hall–Kier alpha value is -3.04. The number of fused-ring (bicyclic) bond motifs is 1. The van der Waals surface area contributed by atoms with E-state index in [4.69, 9.17) is 11.2 Å². The van der Waals surface area contributed by atoms with Crippen molar-refractivity contribution < 1.29 is 9.53 Å². The van der Waals surface area contributed by atoms with Gasteiger partial charge in [-0.05, 0) is 49.4 Å². The number of nitrogens with one attached hydrogen (secondary N) is 1. The Balaban J connectivity index is 1.77. The number of amides is 2. The molecule has 26 heavy (non-hydrogen) atoms. The van der Waals surface area contributed by atoms with E-state index in [0.717, 1.165) is 32.2 Å². The highest BCUT2D eigenvalue weighted by Gasteiger charge is 2.11. The zero-order valence-corrected chi connectivity index (χ0v) is 15.5. The van der Waals surface area contributed by atoms with Crippen molar-refractivity contribution in [3.63, 3.8) is 0 Å². The van der Waals surface area contributed by atoms with Crippen LogP contribution in [0, 0.1) is 12.3 Å². The number of ether oxygens (including phenoxy) is 1. The predicted molar refractivity (Wildman–Crippen MR) is 107 cm³/mol. The number of rotatable bonds is 5. The number of aromatic nitrogens is 1. The number of carbonyl (C=O) groups excluding carboxylic acids is 1. The van der Waals surface area contributed by atoms with Gasteiger partial charge in [0.05, 0.1) is 23.9 Å². The summed E-state index contributed by atoms with van der Waals surface area (Å²) in [5.74, 6) is 3.30. The maximum atomic E-state index is 12.2. The van der Waals surface area contributed by atoms with Crippen LogP contribution in [0.5, 0.6) is 5.75 Å². The highest BCUT2D eigenvalue weighted by molar-refractivity contribution is 7.21. The summed E-state index contributed by atoms with van der Waals surface area (Å²) in [6, 6.07) is 13.3. The van der Waals surface area contributed by atoms with Gasteiger partial charge in [-0.25, -0.2) is 9.78 Å². The monoisotopic (exact) mass is 365 g/mol. The van der Waals surface area contributed by atoms with Crippen LogP contribution in [-0.4, -0.2) is 36.1 Å². The first-order valence-corrected chi connectivity index (χ1v) is 9.00. The lowest BCUT2D eigenvalue weighted by molar-refractivity contribution is 0.220. The standard InChI is InChI=1S/C20H19N3O2S/c1-4-12-23(5-2)20(24)21-15-8-6-14(7-9-15)19-22-17-11-10-16(25-3)13-18(17)26-19/h1,6-11,13H,5,12H2,2-3H3,(H,21,24). The fourth-order valence-corrected chi connectivity index (χ4v) is 3.49. The van der Waals surface area contributed by atoms with Gasteiger partial charge in [0, 0.05) is 17.8 Å². The van der Waals surface area contributed by atoms with Crippen LogP contribution >= 0.6 is 11.3 Å². The molecule has 132 valence electrons. The summed E-state index contributed by atoms with van der Waals surface area (Å²) >= 11 is 1.61. The van der Waals surface area contributed by atoms with Gasteiger partial charge in [0.2, 0.25) is 0 Å². The Bertz CT molecular complexity index is 957. The van der Waals surface area contributed by atoms with Crippen molar-refractivity contribution in [2.75, 3.05) is 25.5 Å². The molecule has 1 N–H and O–H groups in total. The summed E-state index contributed by atoms with van der Waals surface area (Å²) in [4.78, 5) is 18.4. The molecule has 0 saturated carbocycles. The Labute approximate surface area is 156 Å². The maximum absolute atomic E-state index is 12.2. The number of carbonyl (C=O) groups is 1. The molecule has 5 nitrogen and oxygen atoms in total. The third-order valence-corrected chi connectivity index (χ3v) is 5.00. The lowest BCUT2D eigenvalue weighted by atomic mass is 10.2. The van der Waals surface area contributed by atoms with Gasteiger partial charge in [-0.2, -0.15) is 0 Å². The highest BCUT2D eigenvalue weighted by Crippen LogP contribution is 2.32. The zero-order chi connectivity index (χ0) is 18.5. The van der Waals surface area contributed by atoms with Gasteiger partial charge < -0.3 is 15.0 Å². The number of terminal acetylenes is 1. The van der Waals surface area contributed by atoms with Crippen LogP contribution < -0.4 is 10.1 Å². The van der Waals surface area contributed by atoms with Crippen LogP contribution in [0.1, 0.15) is 6.92 Å². The molecule has 0 bridgehead atoms. The molecule has 0 atom stereocenters. The molecule has 0 spiro atoms. The molecule has 0 radical (unpaired) electrons. The maximum Gasteiger partial charge on any atom is 0.322 e. The topological polar surface area (TPSA) is 54.5 Å². The zero-order valence-electron chi connectivity index (χ0n) is 14.7. The molecule has 3 aromatic rings. The normalized spacial score (nSPS) is 10.3. The Kier molecular flexibility index (Phi) is 5.40. The van der Waals surface area contributed by atoms with E-state index >= 15 is 0 Å². The number of urea groups is 1. The molecule has 2 aromatic carbocycles. The minimum Gasteiger partial charge on any atom is -0.497 e. The van der Waals surface area contributed by atoms with Crippen molar-refractivity contribution in [1.82, 2.24) is 9.88 Å². The molecule has 0 aliphatic heterocycles. The molecule has 1 heterocycles. The lowest BCUT2D eigenvalue weighted by Crippen LogP contribution is -2.34. The van der Waals surface area contributed by atoms with E-state index in [1.807, 2.05) is 49.4 Å². The molecular formula is C20H19N3O2S. The minimum atomic E-state index is -0.203. The third kappa shape index (κ3) is 3.79. The van der Waals surface area contributed by atoms with E-state index in [9.17, 15) is 4.79 Å². The van der Waals surface area contributed by atoms with E-state index in [1.165, 1.54) is 0 Å². The molecule has 0 aliphatic rings. The van der Waals surface area contributed by atoms with Gasteiger partial charge in [0.1, 0.15) is 10.8 Å². The lowest BCUT2D eigenvalue weighted by Gasteiger charge is -2.18. The Morgan fingerprint density at radius 3 is 2.73 bits per heavy atom. The number of methoxy groups -OCH3 is 1. The average molecular weight is 365 g/mol. The first-order valence-electron chi connectivity index (χ1n) is 8.19. The largest absolute Gasteiger partial charge is 0.497 e. The van der Waals surface area contributed by atoms with Crippen LogP contribution in [0.2, 0.25) is 0 Å². The SMILES string of the molecule is C#CCN(CC)C(=O)Nc1ccc(-c2nc3ccc(OC)cc3s2)cc1.